The number of carbonyl (C=O) groups is 2. The fourth-order valence-corrected chi connectivity index (χ4v) is 1.42. The first-order valence-corrected chi connectivity index (χ1v) is 5.56. The molecular formula is C13H17NO4. The van der Waals surface area contributed by atoms with Gasteiger partial charge in [0.25, 0.3) is 0 Å². The van der Waals surface area contributed by atoms with Crippen LogP contribution >= 0.6 is 0 Å². The van der Waals surface area contributed by atoms with E-state index >= 15 is 0 Å². The highest BCUT2D eigenvalue weighted by Crippen LogP contribution is 2.15. The molecule has 98 valence electrons. The molecule has 5 heteroatoms. The highest BCUT2D eigenvalue weighted by atomic mass is 16.6. The van der Waals surface area contributed by atoms with Crippen LogP contribution in [0.2, 0.25) is 0 Å². The van der Waals surface area contributed by atoms with Crippen molar-refractivity contribution in [3.8, 4) is 0 Å². The minimum atomic E-state index is -1.32. The molecule has 1 aromatic rings. The van der Waals surface area contributed by atoms with E-state index in [0.717, 1.165) is 5.56 Å². The predicted octanol–water partition coefficient (Wildman–Crippen LogP) is 3.10. The Bertz CT molecular complexity index is 422. The summed E-state index contributed by atoms with van der Waals surface area (Å²) in [6.45, 7) is 4.94. The summed E-state index contributed by atoms with van der Waals surface area (Å²) in [5.41, 5.74) is -0.0234. The summed E-state index contributed by atoms with van der Waals surface area (Å²) in [5, 5.41) is 9.00. The number of benzene rings is 1. The molecule has 0 saturated heterocycles. The van der Waals surface area contributed by atoms with Crippen LogP contribution in [0, 0.1) is 0 Å². The Kier molecular flexibility index (Phi) is 4.31. The molecule has 2 amide bonds. The van der Waals surface area contributed by atoms with Gasteiger partial charge in [-0.1, -0.05) is 30.3 Å². The third kappa shape index (κ3) is 3.76. The molecule has 0 aliphatic rings. The molecule has 0 radical (unpaired) electrons. The van der Waals surface area contributed by atoms with Crippen molar-refractivity contribution in [2.24, 2.45) is 0 Å². The Hall–Kier alpha value is -2.04. The van der Waals surface area contributed by atoms with Crippen molar-refractivity contribution in [3.63, 3.8) is 0 Å². The number of hydrogen-bond donors (Lipinski definition) is 1. The fraction of sp³-hybridized carbons (Fsp3) is 0.385. The fourth-order valence-electron chi connectivity index (χ4n) is 1.42. The van der Waals surface area contributed by atoms with Gasteiger partial charge < -0.3 is 9.84 Å². The molecule has 0 aliphatic heterocycles. The molecule has 1 rings (SSSR count). The van der Waals surface area contributed by atoms with Crippen molar-refractivity contribution in [1.29, 1.82) is 0 Å². The molecule has 0 fully saturated rings. The molecule has 0 aromatic heterocycles. The van der Waals surface area contributed by atoms with Crippen LogP contribution in [-0.4, -0.2) is 27.7 Å². The van der Waals surface area contributed by atoms with Crippen molar-refractivity contribution in [2.45, 2.75) is 32.9 Å². The van der Waals surface area contributed by atoms with Crippen LogP contribution in [-0.2, 0) is 11.3 Å². The lowest BCUT2D eigenvalue weighted by atomic mass is 10.1. The van der Waals surface area contributed by atoms with Crippen molar-refractivity contribution >= 4 is 12.2 Å². The molecule has 5 nitrogen and oxygen atoms in total. The van der Waals surface area contributed by atoms with E-state index in [1.165, 1.54) is 0 Å². The van der Waals surface area contributed by atoms with E-state index < -0.39 is 17.7 Å². The first-order chi connectivity index (χ1) is 8.32. The highest BCUT2D eigenvalue weighted by molar-refractivity contribution is 5.87. The minimum Gasteiger partial charge on any atom is -0.465 e. The first-order valence-electron chi connectivity index (χ1n) is 5.56. The van der Waals surface area contributed by atoms with Crippen molar-refractivity contribution in [3.05, 3.63) is 35.9 Å². The zero-order valence-corrected chi connectivity index (χ0v) is 10.7. The molecule has 0 heterocycles. The van der Waals surface area contributed by atoms with Crippen LogP contribution in [0.4, 0.5) is 9.59 Å². The summed E-state index contributed by atoms with van der Waals surface area (Å²) < 4.78 is 4.98. The molecule has 0 bridgehead atoms. The molecule has 1 N–H and O–H groups in total. The van der Waals surface area contributed by atoms with Crippen molar-refractivity contribution < 1.29 is 19.4 Å². The van der Waals surface area contributed by atoms with Crippen molar-refractivity contribution in [2.75, 3.05) is 0 Å². The molecule has 1 aromatic carbocycles. The van der Waals surface area contributed by atoms with Crippen LogP contribution in [0.15, 0.2) is 30.3 Å². The standard InChI is InChI=1S/C13H17NO4/c1-13(2,3)14(11(15)16)12(17)18-9-10-7-5-4-6-8-10/h4-8H,9H2,1-3H3,(H,15,16). The third-order valence-electron chi connectivity index (χ3n) is 2.25. The lowest BCUT2D eigenvalue weighted by Gasteiger charge is -2.30. The lowest BCUT2D eigenvalue weighted by molar-refractivity contribution is 0.0610. The summed E-state index contributed by atoms with van der Waals surface area (Å²) in [7, 11) is 0. The number of amides is 2. The van der Waals surface area contributed by atoms with Crippen molar-refractivity contribution in [1.82, 2.24) is 4.90 Å². The second-order valence-electron chi connectivity index (χ2n) is 4.83. The molecule has 0 spiro atoms. The quantitative estimate of drug-likeness (QED) is 0.877. The van der Waals surface area contributed by atoms with Crippen LogP contribution in [0.1, 0.15) is 26.3 Å². The van der Waals surface area contributed by atoms with Gasteiger partial charge in [-0.05, 0) is 26.3 Å². The summed E-state index contributed by atoms with van der Waals surface area (Å²) >= 11 is 0. The van der Waals surface area contributed by atoms with E-state index in [-0.39, 0.29) is 6.61 Å². The summed E-state index contributed by atoms with van der Waals surface area (Å²) in [6, 6.07) is 9.10. The number of rotatable bonds is 2. The van der Waals surface area contributed by atoms with E-state index in [1.54, 1.807) is 32.9 Å². The topological polar surface area (TPSA) is 66.8 Å². The van der Waals surface area contributed by atoms with E-state index in [1.807, 2.05) is 18.2 Å². The van der Waals surface area contributed by atoms with E-state index in [4.69, 9.17) is 9.84 Å². The van der Waals surface area contributed by atoms with Gasteiger partial charge in [-0.3, -0.25) is 0 Å². The number of hydrogen-bond acceptors (Lipinski definition) is 3. The molecule has 0 saturated carbocycles. The van der Waals surface area contributed by atoms with E-state index in [9.17, 15) is 9.59 Å². The first kappa shape index (κ1) is 14.0. The van der Waals surface area contributed by atoms with Gasteiger partial charge in [-0.2, -0.15) is 0 Å². The number of imide groups is 1. The minimum absolute atomic E-state index is 0.0551. The Morgan fingerprint density at radius 1 is 1.22 bits per heavy atom. The van der Waals surface area contributed by atoms with Gasteiger partial charge in [0.1, 0.15) is 6.61 Å². The Balaban J connectivity index is 2.67. The normalized spacial score (nSPS) is 10.8. The lowest BCUT2D eigenvalue weighted by Crippen LogP contribution is -2.49. The maximum absolute atomic E-state index is 11.7. The Morgan fingerprint density at radius 2 is 1.78 bits per heavy atom. The van der Waals surface area contributed by atoms with Crippen LogP contribution < -0.4 is 0 Å². The summed E-state index contributed by atoms with van der Waals surface area (Å²) in [4.78, 5) is 23.4. The zero-order valence-electron chi connectivity index (χ0n) is 10.7. The number of carboxylic acid groups (broad SMARTS) is 1. The van der Waals surface area contributed by atoms with Gasteiger partial charge in [0.15, 0.2) is 0 Å². The molecule has 0 atom stereocenters. The van der Waals surface area contributed by atoms with Crippen LogP contribution in [0.3, 0.4) is 0 Å². The maximum Gasteiger partial charge on any atom is 0.420 e. The molecule has 18 heavy (non-hydrogen) atoms. The monoisotopic (exact) mass is 251 g/mol. The van der Waals surface area contributed by atoms with E-state index in [0.29, 0.717) is 4.90 Å². The Labute approximate surface area is 106 Å². The molecular weight excluding hydrogens is 234 g/mol. The summed E-state index contributed by atoms with van der Waals surface area (Å²) in [6.07, 6.45) is -2.18. The Morgan fingerprint density at radius 3 is 2.22 bits per heavy atom. The van der Waals surface area contributed by atoms with Gasteiger partial charge in [0.2, 0.25) is 0 Å². The molecule has 0 unspecified atom stereocenters. The summed E-state index contributed by atoms with van der Waals surface area (Å²) in [5.74, 6) is 0. The maximum atomic E-state index is 11.7. The van der Waals surface area contributed by atoms with E-state index in [2.05, 4.69) is 0 Å². The average Bonchev–Trinajstić information content (AvgIpc) is 2.25. The number of ether oxygens (including phenoxy) is 1. The highest BCUT2D eigenvalue weighted by Gasteiger charge is 2.33. The second-order valence-corrected chi connectivity index (χ2v) is 4.83. The average molecular weight is 251 g/mol. The van der Waals surface area contributed by atoms with Gasteiger partial charge in [-0.25, -0.2) is 14.5 Å². The third-order valence-corrected chi connectivity index (χ3v) is 2.25. The molecule has 0 aliphatic carbocycles. The predicted molar refractivity (Wildman–Crippen MR) is 66.2 cm³/mol. The number of carbonyl (C=O) groups excluding carboxylic acids is 1. The SMILES string of the molecule is CC(C)(C)N(C(=O)O)C(=O)OCc1ccccc1. The smallest absolute Gasteiger partial charge is 0.420 e. The van der Waals surface area contributed by atoms with Gasteiger partial charge in [-0.15, -0.1) is 0 Å². The largest absolute Gasteiger partial charge is 0.465 e. The van der Waals surface area contributed by atoms with Gasteiger partial charge in [0, 0.05) is 5.54 Å². The van der Waals surface area contributed by atoms with Gasteiger partial charge in [0.05, 0.1) is 0 Å². The van der Waals surface area contributed by atoms with Gasteiger partial charge >= 0.3 is 12.2 Å². The second kappa shape index (κ2) is 5.53. The zero-order chi connectivity index (χ0) is 13.8. The van der Waals surface area contributed by atoms with Crippen LogP contribution in [0.5, 0.6) is 0 Å². The van der Waals surface area contributed by atoms with Crippen LogP contribution in [0.25, 0.3) is 0 Å². The number of nitrogens with zero attached hydrogens (tertiary/aromatic N) is 1.